The normalized spacial score (nSPS) is 11.1. The van der Waals surface area contributed by atoms with Crippen LogP contribution in [0.25, 0.3) is 0 Å². The van der Waals surface area contributed by atoms with Crippen molar-refractivity contribution in [3.8, 4) is 5.75 Å². The Bertz CT molecular complexity index is 672. The molecule has 0 heterocycles. The Kier molecular flexibility index (Phi) is 5.37. The van der Waals surface area contributed by atoms with Crippen molar-refractivity contribution in [1.29, 1.82) is 0 Å². The second-order valence-electron chi connectivity index (χ2n) is 5.25. The van der Waals surface area contributed by atoms with Gasteiger partial charge in [0.05, 0.1) is 11.8 Å². The zero-order valence-corrected chi connectivity index (χ0v) is 13.2. The van der Waals surface area contributed by atoms with Gasteiger partial charge in [0.15, 0.2) is 0 Å². The number of anilines is 1. The summed E-state index contributed by atoms with van der Waals surface area (Å²) in [6.07, 6.45) is 2.13. The van der Waals surface area contributed by atoms with Gasteiger partial charge < -0.3 is 10.1 Å². The summed E-state index contributed by atoms with van der Waals surface area (Å²) in [5, 5.41) is 2.88. The van der Waals surface area contributed by atoms with E-state index in [2.05, 4.69) is 5.32 Å². The molecule has 0 radical (unpaired) electrons. The third-order valence-corrected chi connectivity index (χ3v) is 3.31. The smallest absolute Gasteiger partial charge is 0.254 e. The first kappa shape index (κ1) is 15.8. The van der Waals surface area contributed by atoms with Crippen molar-refractivity contribution >= 4 is 11.6 Å². The molecule has 0 aliphatic heterocycles. The van der Waals surface area contributed by atoms with Crippen LogP contribution >= 0.6 is 0 Å². The van der Waals surface area contributed by atoms with Gasteiger partial charge in [-0.05, 0) is 50.1 Å². The molecule has 2 aromatic rings. The number of rotatable bonds is 5. The largest absolute Gasteiger partial charge is 0.465 e. The molecule has 2 aromatic carbocycles. The number of carbonyl (C=O) groups is 1. The maximum atomic E-state index is 12.3. The Hall–Kier alpha value is -2.55. The van der Waals surface area contributed by atoms with E-state index in [-0.39, 0.29) is 5.91 Å². The summed E-state index contributed by atoms with van der Waals surface area (Å²) in [6.45, 7) is 5.94. The average Bonchev–Trinajstić information content (AvgIpc) is 2.50. The number of aryl methyl sites for hydroxylation is 2. The Morgan fingerprint density at radius 2 is 1.82 bits per heavy atom. The number of hydrogen-bond donors (Lipinski definition) is 1. The summed E-state index contributed by atoms with van der Waals surface area (Å²) in [6, 6.07) is 15.4. The minimum atomic E-state index is -0.140. The Morgan fingerprint density at radius 1 is 1.09 bits per heavy atom. The monoisotopic (exact) mass is 295 g/mol. The summed E-state index contributed by atoms with van der Waals surface area (Å²) in [7, 11) is 0. The highest BCUT2D eigenvalue weighted by Gasteiger charge is 2.08. The van der Waals surface area contributed by atoms with Crippen LogP contribution in [0.4, 0.5) is 5.69 Å². The first-order chi connectivity index (χ1) is 10.6. The van der Waals surface area contributed by atoms with Crippen LogP contribution in [-0.2, 0) is 4.79 Å². The van der Waals surface area contributed by atoms with Crippen LogP contribution in [0.3, 0.4) is 0 Å². The van der Waals surface area contributed by atoms with E-state index in [9.17, 15) is 4.79 Å². The van der Waals surface area contributed by atoms with E-state index in [1.165, 1.54) is 6.26 Å². The zero-order valence-electron chi connectivity index (χ0n) is 13.2. The molecule has 114 valence electrons. The molecule has 0 saturated heterocycles. The maximum absolute atomic E-state index is 12.3. The van der Waals surface area contributed by atoms with Gasteiger partial charge in [-0.15, -0.1) is 0 Å². The van der Waals surface area contributed by atoms with Crippen molar-refractivity contribution < 1.29 is 9.53 Å². The van der Waals surface area contributed by atoms with Gasteiger partial charge in [-0.2, -0.15) is 0 Å². The van der Waals surface area contributed by atoms with Gasteiger partial charge in [0.2, 0.25) is 0 Å². The number of benzene rings is 2. The van der Waals surface area contributed by atoms with Crippen molar-refractivity contribution in [2.45, 2.75) is 27.2 Å². The minimum absolute atomic E-state index is 0.140. The van der Waals surface area contributed by atoms with Crippen molar-refractivity contribution in [3.05, 3.63) is 71.5 Å². The van der Waals surface area contributed by atoms with Crippen molar-refractivity contribution in [2.75, 3.05) is 5.32 Å². The van der Waals surface area contributed by atoms with E-state index in [0.717, 1.165) is 22.6 Å². The van der Waals surface area contributed by atoms with E-state index in [4.69, 9.17) is 4.74 Å². The quantitative estimate of drug-likeness (QED) is 0.646. The van der Waals surface area contributed by atoms with Gasteiger partial charge >= 0.3 is 0 Å². The van der Waals surface area contributed by atoms with E-state index in [0.29, 0.717) is 12.0 Å². The van der Waals surface area contributed by atoms with Crippen LogP contribution < -0.4 is 10.1 Å². The van der Waals surface area contributed by atoms with Gasteiger partial charge in [0.25, 0.3) is 5.91 Å². The van der Waals surface area contributed by atoms with Crippen LogP contribution in [0.1, 0.15) is 24.5 Å². The van der Waals surface area contributed by atoms with Gasteiger partial charge in [0.1, 0.15) is 5.75 Å². The lowest BCUT2D eigenvalue weighted by Gasteiger charge is -2.08. The number of carbonyl (C=O) groups excluding carboxylic acids is 1. The average molecular weight is 295 g/mol. The maximum Gasteiger partial charge on any atom is 0.254 e. The minimum Gasteiger partial charge on any atom is -0.465 e. The van der Waals surface area contributed by atoms with Crippen LogP contribution in [0, 0.1) is 13.8 Å². The molecule has 3 heteroatoms. The van der Waals surface area contributed by atoms with Crippen LogP contribution in [0.5, 0.6) is 5.75 Å². The van der Waals surface area contributed by atoms with Crippen LogP contribution in [0.15, 0.2) is 60.4 Å². The SMILES string of the molecule is CCC(=COc1cccc(C)c1)C(=O)Nc1ccc(C)cc1. The lowest BCUT2D eigenvalue weighted by molar-refractivity contribution is -0.113. The molecule has 2 rings (SSSR count). The standard InChI is InChI=1S/C19H21NO2/c1-4-16(13-22-18-7-5-6-15(3)12-18)19(21)20-17-10-8-14(2)9-11-17/h5-13H,4H2,1-3H3,(H,20,21). The highest BCUT2D eigenvalue weighted by atomic mass is 16.5. The molecule has 0 fully saturated rings. The molecule has 0 bridgehead atoms. The summed E-state index contributed by atoms with van der Waals surface area (Å²) >= 11 is 0. The molecule has 0 aliphatic carbocycles. The molecule has 3 nitrogen and oxygen atoms in total. The van der Waals surface area contributed by atoms with E-state index >= 15 is 0 Å². The number of amides is 1. The number of nitrogens with one attached hydrogen (secondary N) is 1. The Morgan fingerprint density at radius 3 is 2.45 bits per heavy atom. The molecule has 0 aromatic heterocycles. The second kappa shape index (κ2) is 7.46. The van der Waals surface area contributed by atoms with Crippen molar-refractivity contribution in [1.82, 2.24) is 0 Å². The molecule has 1 amide bonds. The first-order valence-corrected chi connectivity index (χ1v) is 7.39. The lowest BCUT2D eigenvalue weighted by atomic mass is 10.2. The predicted molar refractivity (Wildman–Crippen MR) is 90.0 cm³/mol. The molecular weight excluding hydrogens is 274 g/mol. The zero-order chi connectivity index (χ0) is 15.9. The molecule has 1 N–H and O–H groups in total. The third kappa shape index (κ3) is 4.48. The highest BCUT2D eigenvalue weighted by molar-refractivity contribution is 6.03. The third-order valence-electron chi connectivity index (χ3n) is 3.31. The van der Waals surface area contributed by atoms with Crippen LogP contribution in [-0.4, -0.2) is 5.91 Å². The van der Waals surface area contributed by atoms with Gasteiger partial charge in [0, 0.05) is 5.69 Å². The summed E-state index contributed by atoms with van der Waals surface area (Å²) in [4.78, 5) is 12.3. The molecule has 0 spiro atoms. The lowest BCUT2D eigenvalue weighted by Crippen LogP contribution is -2.14. The molecular formula is C19H21NO2. The van der Waals surface area contributed by atoms with Crippen LogP contribution in [0.2, 0.25) is 0 Å². The van der Waals surface area contributed by atoms with E-state index < -0.39 is 0 Å². The topological polar surface area (TPSA) is 38.3 Å². The molecule has 0 saturated carbocycles. The summed E-state index contributed by atoms with van der Waals surface area (Å²) in [5.41, 5.74) is 3.66. The van der Waals surface area contributed by atoms with E-state index in [1.54, 1.807) is 0 Å². The molecule has 0 unspecified atom stereocenters. The number of ether oxygens (including phenoxy) is 1. The molecule has 22 heavy (non-hydrogen) atoms. The Labute approximate surface area is 131 Å². The molecule has 0 aliphatic rings. The van der Waals surface area contributed by atoms with Gasteiger partial charge in [-0.1, -0.05) is 36.8 Å². The fraction of sp³-hybridized carbons (Fsp3) is 0.211. The fourth-order valence-electron chi connectivity index (χ4n) is 1.97. The van der Waals surface area contributed by atoms with Gasteiger partial charge in [-0.3, -0.25) is 4.79 Å². The van der Waals surface area contributed by atoms with Crippen molar-refractivity contribution in [3.63, 3.8) is 0 Å². The van der Waals surface area contributed by atoms with Gasteiger partial charge in [-0.25, -0.2) is 0 Å². The second-order valence-corrected chi connectivity index (χ2v) is 5.25. The Balaban J connectivity index is 2.04. The predicted octanol–water partition coefficient (Wildman–Crippen LogP) is 4.61. The van der Waals surface area contributed by atoms with Crippen molar-refractivity contribution in [2.24, 2.45) is 0 Å². The molecule has 0 atom stereocenters. The summed E-state index contributed by atoms with van der Waals surface area (Å²) < 4.78 is 5.59. The first-order valence-electron chi connectivity index (χ1n) is 7.39. The van der Waals surface area contributed by atoms with E-state index in [1.807, 2.05) is 69.3 Å². The summed E-state index contributed by atoms with van der Waals surface area (Å²) in [5.74, 6) is 0.591. The fourth-order valence-corrected chi connectivity index (χ4v) is 1.97. The number of hydrogen-bond acceptors (Lipinski definition) is 2. The highest BCUT2D eigenvalue weighted by Crippen LogP contribution is 2.15.